The van der Waals surface area contributed by atoms with Crippen molar-refractivity contribution >= 4 is 11.9 Å². The second-order valence-corrected chi connectivity index (χ2v) is 9.27. The van der Waals surface area contributed by atoms with Crippen molar-refractivity contribution in [1.82, 2.24) is 5.32 Å². The molecule has 1 N–H and O–H groups in total. The first kappa shape index (κ1) is 19.2. The summed E-state index contributed by atoms with van der Waals surface area (Å²) in [6.07, 6.45) is 7.22. The van der Waals surface area contributed by atoms with Gasteiger partial charge in [-0.25, -0.2) is 4.79 Å². The van der Waals surface area contributed by atoms with Gasteiger partial charge in [0.15, 0.2) is 6.61 Å². The Morgan fingerprint density at radius 1 is 0.867 bits per heavy atom. The summed E-state index contributed by atoms with van der Waals surface area (Å²) in [6, 6.07) is 16.2. The third-order valence-corrected chi connectivity index (χ3v) is 6.83. The summed E-state index contributed by atoms with van der Waals surface area (Å²) in [7, 11) is 0. The van der Waals surface area contributed by atoms with Gasteiger partial charge in [-0.1, -0.05) is 24.3 Å². The number of benzene rings is 2. The lowest BCUT2D eigenvalue weighted by atomic mass is 9.53. The highest BCUT2D eigenvalue weighted by Crippen LogP contribution is 2.55. The summed E-state index contributed by atoms with van der Waals surface area (Å²) < 4.78 is 11.1. The van der Waals surface area contributed by atoms with Crippen molar-refractivity contribution in [3.8, 4) is 11.5 Å². The fourth-order valence-electron chi connectivity index (χ4n) is 6.12. The molecule has 0 aliphatic heterocycles. The van der Waals surface area contributed by atoms with Gasteiger partial charge in [0.2, 0.25) is 0 Å². The van der Waals surface area contributed by atoms with Crippen LogP contribution in [0.2, 0.25) is 0 Å². The lowest BCUT2D eigenvalue weighted by Gasteiger charge is -2.56. The highest BCUT2D eigenvalue weighted by Gasteiger charge is 2.51. The normalized spacial score (nSPS) is 28.7. The Hall–Kier alpha value is -2.82. The predicted octanol–water partition coefficient (Wildman–Crippen LogP) is 4.72. The summed E-state index contributed by atoms with van der Waals surface area (Å²) in [5.74, 6) is 2.80. The van der Waals surface area contributed by atoms with Crippen LogP contribution in [-0.4, -0.2) is 24.0 Å². The number of esters is 1. The van der Waals surface area contributed by atoms with E-state index < -0.39 is 5.97 Å². The van der Waals surface area contributed by atoms with Gasteiger partial charge in [-0.05, 0) is 86.6 Å². The third kappa shape index (κ3) is 4.07. The zero-order valence-corrected chi connectivity index (χ0v) is 17.0. The molecule has 2 aromatic rings. The van der Waals surface area contributed by atoms with Crippen molar-refractivity contribution in [2.45, 2.75) is 44.1 Å². The quantitative estimate of drug-likeness (QED) is 0.706. The van der Waals surface area contributed by atoms with Gasteiger partial charge in [-0.3, -0.25) is 4.79 Å². The van der Waals surface area contributed by atoms with Crippen molar-refractivity contribution < 1.29 is 19.1 Å². The minimum Gasteiger partial charge on any atom is -0.457 e. The molecule has 0 saturated heterocycles. The minimum atomic E-state index is -0.519. The van der Waals surface area contributed by atoms with Gasteiger partial charge in [-0.15, -0.1) is 0 Å². The van der Waals surface area contributed by atoms with Crippen LogP contribution in [0.4, 0.5) is 0 Å². The van der Waals surface area contributed by atoms with Crippen molar-refractivity contribution in [3.05, 3.63) is 60.2 Å². The highest BCUT2D eigenvalue weighted by atomic mass is 16.5. The molecular weight excluding hydrogens is 378 g/mol. The van der Waals surface area contributed by atoms with Gasteiger partial charge < -0.3 is 14.8 Å². The molecule has 0 radical (unpaired) electrons. The topological polar surface area (TPSA) is 64.6 Å². The van der Waals surface area contributed by atoms with Crippen molar-refractivity contribution in [1.29, 1.82) is 0 Å². The van der Waals surface area contributed by atoms with E-state index in [9.17, 15) is 9.59 Å². The SMILES string of the molecule is O=C(COC(=O)c1cccc(Oc2ccccc2)c1)NC12CC3CC(CC(C3)C1)C2. The maximum absolute atomic E-state index is 12.6. The molecule has 30 heavy (non-hydrogen) atoms. The van der Waals surface area contributed by atoms with Crippen LogP contribution in [0.3, 0.4) is 0 Å². The highest BCUT2D eigenvalue weighted by molar-refractivity contribution is 5.91. The summed E-state index contributed by atoms with van der Waals surface area (Å²) in [5, 5.41) is 3.23. The van der Waals surface area contributed by atoms with E-state index in [4.69, 9.17) is 9.47 Å². The van der Waals surface area contributed by atoms with Gasteiger partial charge >= 0.3 is 5.97 Å². The van der Waals surface area contributed by atoms with E-state index in [2.05, 4.69) is 5.32 Å². The fourth-order valence-corrected chi connectivity index (χ4v) is 6.12. The van der Waals surface area contributed by atoms with Gasteiger partial charge in [-0.2, -0.15) is 0 Å². The molecule has 0 aromatic heterocycles. The summed E-state index contributed by atoms with van der Waals surface area (Å²) >= 11 is 0. The molecule has 5 heteroatoms. The number of hydrogen-bond donors (Lipinski definition) is 1. The molecule has 2 aromatic carbocycles. The standard InChI is InChI=1S/C25H27NO4/c27-23(26-25-13-17-9-18(14-25)11-19(10-17)15-25)16-29-24(28)20-5-4-8-22(12-20)30-21-6-2-1-3-7-21/h1-8,12,17-19H,9-11,13-16H2,(H,26,27). The Labute approximate surface area is 176 Å². The number of ether oxygens (including phenoxy) is 2. The van der Waals surface area contributed by atoms with Crippen LogP contribution in [0.15, 0.2) is 54.6 Å². The van der Waals surface area contributed by atoms with Crippen molar-refractivity contribution in [3.63, 3.8) is 0 Å². The van der Waals surface area contributed by atoms with Crippen molar-refractivity contribution in [2.75, 3.05) is 6.61 Å². The molecule has 0 heterocycles. The molecule has 6 rings (SSSR count). The first-order valence-corrected chi connectivity index (χ1v) is 10.9. The van der Waals surface area contributed by atoms with E-state index in [0.29, 0.717) is 17.1 Å². The van der Waals surface area contributed by atoms with Crippen LogP contribution < -0.4 is 10.1 Å². The molecule has 1 amide bonds. The summed E-state index contributed by atoms with van der Waals surface area (Å²) in [4.78, 5) is 25.0. The van der Waals surface area contributed by atoms with Gasteiger partial charge in [0.25, 0.3) is 5.91 Å². The van der Waals surface area contributed by atoms with E-state index >= 15 is 0 Å². The number of para-hydroxylation sites is 1. The van der Waals surface area contributed by atoms with Crippen LogP contribution in [0.25, 0.3) is 0 Å². The maximum atomic E-state index is 12.6. The van der Waals surface area contributed by atoms with Gasteiger partial charge in [0.1, 0.15) is 11.5 Å². The van der Waals surface area contributed by atoms with E-state index in [0.717, 1.165) is 37.0 Å². The summed E-state index contributed by atoms with van der Waals surface area (Å²) in [5.41, 5.74) is 0.299. The number of carbonyl (C=O) groups excluding carboxylic acids is 2. The molecule has 4 aliphatic rings. The van der Waals surface area contributed by atoms with E-state index in [1.165, 1.54) is 19.3 Å². The largest absolute Gasteiger partial charge is 0.457 e. The van der Waals surface area contributed by atoms with E-state index in [1.54, 1.807) is 24.3 Å². The molecule has 4 fully saturated rings. The summed E-state index contributed by atoms with van der Waals surface area (Å²) in [6.45, 7) is -0.246. The van der Waals surface area contributed by atoms with Crippen LogP contribution in [0.1, 0.15) is 48.9 Å². The average molecular weight is 405 g/mol. The third-order valence-electron chi connectivity index (χ3n) is 6.83. The lowest BCUT2D eigenvalue weighted by molar-refractivity contribution is -0.130. The van der Waals surface area contributed by atoms with Gasteiger partial charge in [0.05, 0.1) is 5.56 Å². The second-order valence-electron chi connectivity index (χ2n) is 9.27. The Kier molecular flexibility index (Phi) is 4.97. The molecule has 4 saturated carbocycles. The zero-order valence-electron chi connectivity index (χ0n) is 17.0. The Morgan fingerprint density at radius 3 is 2.17 bits per heavy atom. The van der Waals surface area contributed by atoms with Crippen LogP contribution in [-0.2, 0) is 9.53 Å². The molecule has 4 aliphatic carbocycles. The number of hydrogen-bond acceptors (Lipinski definition) is 4. The first-order chi connectivity index (χ1) is 14.6. The number of nitrogens with one attached hydrogen (secondary N) is 1. The fraction of sp³-hybridized carbons (Fsp3) is 0.440. The lowest BCUT2D eigenvalue weighted by Crippen LogP contribution is -2.60. The minimum absolute atomic E-state index is 0.0678. The molecule has 4 bridgehead atoms. The van der Waals surface area contributed by atoms with Crippen LogP contribution in [0, 0.1) is 17.8 Å². The van der Waals surface area contributed by atoms with Gasteiger partial charge in [0, 0.05) is 5.54 Å². The van der Waals surface area contributed by atoms with Crippen molar-refractivity contribution in [2.24, 2.45) is 17.8 Å². The predicted molar refractivity (Wildman–Crippen MR) is 112 cm³/mol. The smallest absolute Gasteiger partial charge is 0.338 e. The van der Waals surface area contributed by atoms with E-state index in [-0.39, 0.29) is 18.1 Å². The van der Waals surface area contributed by atoms with Crippen LogP contribution >= 0.6 is 0 Å². The second kappa shape index (κ2) is 7.78. The number of rotatable bonds is 6. The van der Waals surface area contributed by atoms with Crippen LogP contribution in [0.5, 0.6) is 11.5 Å². The molecular formula is C25H27NO4. The number of carbonyl (C=O) groups is 2. The number of amides is 1. The average Bonchev–Trinajstić information content (AvgIpc) is 2.71. The Bertz CT molecular complexity index is 904. The molecule has 0 atom stereocenters. The molecule has 156 valence electrons. The van der Waals surface area contributed by atoms with E-state index in [1.807, 2.05) is 30.3 Å². The molecule has 0 unspecified atom stereocenters. The Morgan fingerprint density at radius 2 is 1.50 bits per heavy atom. The Balaban J connectivity index is 1.16. The molecule has 5 nitrogen and oxygen atoms in total. The molecule has 0 spiro atoms. The maximum Gasteiger partial charge on any atom is 0.338 e. The monoisotopic (exact) mass is 405 g/mol. The zero-order chi connectivity index (χ0) is 20.6. The first-order valence-electron chi connectivity index (χ1n) is 10.9.